The fraction of sp³-hybridized carbons (Fsp3) is 0.227. The van der Waals surface area contributed by atoms with Gasteiger partial charge in [-0.25, -0.2) is 4.98 Å². The highest BCUT2D eigenvalue weighted by Gasteiger charge is 2.16. The van der Waals surface area contributed by atoms with Crippen molar-refractivity contribution in [2.45, 2.75) is 26.2 Å². The third kappa shape index (κ3) is 3.64. The molecule has 0 saturated carbocycles. The molecule has 2 aromatic carbocycles. The molecule has 4 rings (SSSR count). The van der Waals surface area contributed by atoms with Crippen molar-refractivity contribution >= 4 is 11.7 Å². The summed E-state index contributed by atoms with van der Waals surface area (Å²) in [6.07, 6.45) is 6.38. The highest BCUT2D eigenvalue weighted by molar-refractivity contribution is 5.62. The first-order valence-corrected chi connectivity index (χ1v) is 9.00. The maximum atomic E-state index is 5.89. The van der Waals surface area contributed by atoms with Crippen LogP contribution in [-0.2, 0) is 24.0 Å². The summed E-state index contributed by atoms with van der Waals surface area (Å²) in [4.78, 5) is 4.39. The van der Waals surface area contributed by atoms with E-state index >= 15 is 0 Å². The van der Waals surface area contributed by atoms with E-state index in [0.29, 0.717) is 12.6 Å². The van der Waals surface area contributed by atoms with Crippen molar-refractivity contribution in [1.82, 2.24) is 4.98 Å². The number of nitrogens with zero attached hydrogens (tertiary/aromatic N) is 1. The van der Waals surface area contributed by atoms with Gasteiger partial charge < -0.3 is 14.5 Å². The summed E-state index contributed by atoms with van der Waals surface area (Å²) >= 11 is 0. The van der Waals surface area contributed by atoms with Crippen LogP contribution < -0.4 is 5.32 Å². The van der Waals surface area contributed by atoms with Gasteiger partial charge in [0.2, 0.25) is 0 Å². The fourth-order valence-corrected chi connectivity index (χ4v) is 3.28. The number of aromatic nitrogens is 1. The van der Waals surface area contributed by atoms with Crippen molar-refractivity contribution in [2.75, 3.05) is 11.9 Å². The van der Waals surface area contributed by atoms with Crippen LogP contribution in [0, 0.1) is 0 Å². The summed E-state index contributed by atoms with van der Waals surface area (Å²) in [6.45, 7) is 2.71. The summed E-state index contributed by atoms with van der Waals surface area (Å²) in [7, 11) is 0. The Morgan fingerprint density at radius 2 is 2.00 bits per heavy atom. The van der Waals surface area contributed by atoms with Crippen molar-refractivity contribution in [1.29, 1.82) is 0 Å². The zero-order valence-corrected chi connectivity index (χ0v) is 14.9. The lowest BCUT2D eigenvalue weighted by Gasteiger charge is -2.20. The Labute approximate surface area is 153 Å². The standard InChI is InChI=1S/C22H22N2O2/c1-2-25-18-12-11-17-9-6-10-21(20(17)14-18)24-22-23-15-19(26-22)13-16-7-4-3-5-8-16/h3-10,12,15H,2,11,13-14H2,1H3,(H,23,24). The minimum Gasteiger partial charge on any atom is -0.498 e. The Hall–Kier alpha value is -3.01. The molecule has 0 amide bonds. The van der Waals surface area contributed by atoms with Crippen LogP contribution in [0.25, 0.3) is 0 Å². The van der Waals surface area contributed by atoms with Crippen LogP contribution in [0.1, 0.15) is 29.4 Å². The average Bonchev–Trinajstić information content (AvgIpc) is 3.10. The van der Waals surface area contributed by atoms with Gasteiger partial charge in [-0.05, 0) is 42.2 Å². The lowest BCUT2D eigenvalue weighted by molar-refractivity contribution is 0.220. The Balaban J connectivity index is 1.51. The maximum Gasteiger partial charge on any atom is 0.299 e. The van der Waals surface area contributed by atoms with Crippen LogP contribution in [0.15, 0.2) is 71.0 Å². The third-order valence-corrected chi connectivity index (χ3v) is 4.52. The van der Waals surface area contributed by atoms with Gasteiger partial charge in [0.15, 0.2) is 0 Å². The van der Waals surface area contributed by atoms with E-state index in [0.717, 1.165) is 36.5 Å². The Morgan fingerprint density at radius 1 is 1.12 bits per heavy atom. The molecule has 0 radical (unpaired) electrons. The van der Waals surface area contributed by atoms with Crippen molar-refractivity contribution in [2.24, 2.45) is 0 Å². The molecule has 1 heterocycles. The molecule has 0 bridgehead atoms. The van der Waals surface area contributed by atoms with Gasteiger partial charge in [-0.1, -0.05) is 42.5 Å². The van der Waals surface area contributed by atoms with E-state index in [4.69, 9.17) is 9.15 Å². The van der Waals surface area contributed by atoms with Gasteiger partial charge >= 0.3 is 0 Å². The van der Waals surface area contributed by atoms with Crippen LogP contribution >= 0.6 is 0 Å². The van der Waals surface area contributed by atoms with E-state index in [9.17, 15) is 0 Å². The normalized spacial score (nSPS) is 13.0. The van der Waals surface area contributed by atoms with Crippen LogP contribution in [0.3, 0.4) is 0 Å². The molecule has 132 valence electrons. The Morgan fingerprint density at radius 3 is 2.85 bits per heavy atom. The van der Waals surface area contributed by atoms with Gasteiger partial charge in [-0.2, -0.15) is 0 Å². The molecule has 0 unspecified atom stereocenters. The average molecular weight is 346 g/mol. The molecule has 0 spiro atoms. The van der Waals surface area contributed by atoms with Crippen LogP contribution in [0.2, 0.25) is 0 Å². The van der Waals surface area contributed by atoms with Crippen molar-refractivity contribution in [3.63, 3.8) is 0 Å². The summed E-state index contributed by atoms with van der Waals surface area (Å²) < 4.78 is 11.6. The van der Waals surface area contributed by atoms with E-state index < -0.39 is 0 Å². The molecule has 1 aliphatic carbocycles. The third-order valence-electron chi connectivity index (χ3n) is 4.52. The molecule has 0 atom stereocenters. The number of anilines is 2. The smallest absolute Gasteiger partial charge is 0.299 e. The molecular formula is C22H22N2O2. The van der Waals surface area contributed by atoms with Gasteiger partial charge in [-0.15, -0.1) is 0 Å². The zero-order chi connectivity index (χ0) is 17.8. The molecular weight excluding hydrogens is 324 g/mol. The topological polar surface area (TPSA) is 47.3 Å². The van der Waals surface area contributed by atoms with Gasteiger partial charge in [-0.3, -0.25) is 0 Å². The van der Waals surface area contributed by atoms with E-state index in [1.54, 1.807) is 6.20 Å². The summed E-state index contributed by atoms with van der Waals surface area (Å²) in [5.74, 6) is 1.88. The molecule has 0 aliphatic heterocycles. The lowest BCUT2D eigenvalue weighted by Crippen LogP contribution is -2.08. The molecule has 0 fully saturated rings. The lowest BCUT2D eigenvalue weighted by atomic mass is 9.94. The first-order chi connectivity index (χ1) is 12.8. The molecule has 4 nitrogen and oxygen atoms in total. The van der Waals surface area contributed by atoms with Gasteiger partial charge in [0.05, 0.1) is 18.6 Å². The van der Waals surface area contributed by atoms with Gasteiger partial charge in [0.1, 0.15) is 5.76 Å². The largest absolute Gasteiger partial charge is 0.498 e. The van der Waals surface area contributed by atoms with Gasteiger partial charge in [0, 0.05) is 18.5 Å². The molecule has 1 aromatic heterocycles. The van der Waals surface area contributed by atoms with Gasteiger partial charge in [0.25, 0.3) is 6.01 Å². The minimum absolute atomic E-state index is 0.525. The molecule has 4 heteroatoms. The molecule has 0 saturated heterocycles. The zero-order valence-electron chi connectivity index (χ0n) is 14.9. The first kappa shape index (κ1) is 16.5. The molecule has 3 aromatic rings. The highest BCUT2D eigenvalue weighted by atomic mass is 16.5. The van der Waals surface area contributed by atoms with E-state index in [1.165, 1.54) is 16.7 Å². The van der Waals surface area contributed by atoms with Crippen molar-refractivity contribution in [3.8, 4) is 0 Å². The highest BCUT2D eigenvalue weighted by Crippen LogP contribution is 2.30. The monoisotopic (exact) mass is 346 g/mol. The number of benzene rings is 2. The number of hydrogen-bond acceptors (Lipinski definition) is 4. The summed E-state index contributed by atoms with van der Waals surface area (Å²) in [6, 6.07) is 17.1. The van der Waals surface area contributed by atoms with E-state index in [2.05, 4.69) is 46.7 Å². The number of nitrogens with one attached hydrogen (secondary N) is 1. The summed E-state index contributed by atoms with van der Waals surface area (Å²) in [5.41, 5.74) is 4.80. The minimum atomic E-state index is 0.525. The predicted octanol–water partition coefficient (Wildman–Crippen LogP) is 5.03. The molecule has 26 heavy (non-hydrogen) atoms. The first-order valence-electron chi connectivity index (χ1n) is 9.00. The van der Waals surface area contributed by atoms with E-state index in [1.807, 2.05) is 25.1 Å². The van der Waals surface area contributed by atoms with Crippen molar-refractivity contribution in [3.05, 3.63) is 89.0 Å². The second-order valence-electron chi connectivity index (χ2n) is 6.35. The quantitative estimate of drug-likeness (QED) is 0.680. The predicted molar refractivity (Wildman–Crippen MR) is 103 cm³/mol. The Bertz CT molecular complexity index is 913. The van der Waals surface area contributed by atoms with E-state index in [-0.39, 0.29) is 0 Å². The number of ether oxygens (including phenoxy) is 1. The summed E-state index contributed by atoms with van der Waals surface area (Å²) in [5, 5.41) is 3.34. The van der Waals surface area contributed by atoms with Crippen LogP contribution in [0.4, 0.5) is 11.7 Å². The van der Waals surface area contributed by atoms with Crippen molar-refractivity contribution < 1.29 is 9.15 Å². The molecule has 1 N–H and O–H groups in total. The second-order valence-corrected chi connectivity index (χ2v) is 6.35. The number of rotatable bonds is 6. The number of oxazole rings is 1. The fourth-order valence-electron chi connectivity index (χ4n) is 3.28. The SMILES string of the molecule is CCOC1=CCc2cccc(Nc3ncc(Cc4ccccc4)o3)c2C1. The second kappa shape index (κ2) is 7.48. The number of hydrogen-bond donors (Lipinski definition) is 1. The number of allylic oxidation sites excluding steroid dienone is 2. The maximum absolute atomic E-state index is 5.89. The number of fused-ring (bicyclic) bond motifs is 1. The van der Waals surface area contributed by atoms with Crippen LogP contribution in [0.5, 0.6) is 0 Å². The Kier molecular flexibility index (Phi) is 4.73. The van der Waals surface area contributed by atoms with Crippen LogP contribution in [-0.4, -0.2) is 11.6 Å². The molecule has 1 aliphatic rings.